The maximum absolute atomic E-state index is 12.0. The topological polar surface area (TPSA) is 75.1 Å². The van der Waals surface area contributed by atoms with Crippen molar-refractivity contribution >= 4 is 11.7 Å². The Hall–Kier alpha value is -2.78. The molecule has 0 fully saturated rings. The van der Waals surface area contributed by atoms with Crippen LogP contribution in [0.2, 0.25) is 0 Å². The number of nitrogens with zero attached hydrogens (tertiary/aromatic N) is 3. The third-order valence-electron chi connectivity index (χ3n) is 2.51. The van der Waals surface area contributed by atoms with Gasteiger partial charge in [-0.1, -0.05) is 41.0 Å². The second-order valence-corrected chi connectivity index (χ2v) is 3.91. The lowest BCUT2D eigenvalue weighted by Gasteiger charge is -2.06. The van der Waals surface area contributed by atoms with Gasteiger partial charge in [-0.25, -0.2) is 4.79 Å². The molecule has 2 aromatic rings. The van der Waals surface area contributed by atoms with Gasteiger partial charge in [-0.2, -0.15) is 0 Å². The number of hydrogen-bond donors (Lipinski definition) is 0. The Morgan fingerprint density at radius 1 is 1.16 bits per heavy atom. The Morgan fingerprint density at radius 3 is 2.53 bits per heavy atom. The number of benzene rings is 2. The molecule has 0 saturated heterocycles. The molecule has 2 rings (SSSR count). The van der Waals surface area contributed by atoms with Gasteiger partial charge in [0.25, 0.3) is 0 Å². The van der Waals surface area contributed by atoms with E-state index >= 15 is 0 Å². The molecule has 2 aromatic carbocycles. The number of hydrogen-bond acceptors (Lipinski definition) is 3. The van der Waals surface area contributed by atoms with E-state index < -0.39 is 5.97 Å². The number of carbonyl (C=O) groups excluding carboxylic acids is 1. The Kier molecular flexibility index (Phi) is 3.81. The summed E-state index contributed by atoms with van der Waals surface area (Å²) in [5.74, 6) is -0.0989. The van der Waals surface area contributed by atoms with Crippen molar-refractivity contribution in [2.45, 2.75) is 6.92 Å². The molecule has 0 bridgehead atoms. The number of esters is 1. The van der Waals surface area contributed by atoms with Crippen molar-refractivity contribution in [1.82, 2.24) is 0 Å². The fourth-order valence-corrected chi connectivity index (χ4v) is 1.55. The van der Waals surface area contributed by atoms with Crippen LogP contribution in [0.1, 0.15) is 15.9 Å². The van der Waals surface area contributed by atoms with Gasteiger partial charge in [0.1, 0.15) is 5.75 Å². The summed E-state index contributed by atoms with van der Waals surface area (Å²) in [4.78, 5) is 14.7. The summed E-state index contributed by atoms with van der Waals surface area (Å²) in [5.41, 5.74) is 10.0. The minimum Gasteiger partial charge on any atom is -0.423 e. The van der Waals surface area contributed by atoms with E-state index in [1.807, 2.05) is 19.1 Å². The molecule has 0 aliphatic heterocycles. The SMILES string of the molecule is Cc1ccc(OC(=O)c2ccccc2N=[N+]=[N-])cc1. The molecule has 0 aromatic heterocycles. The third-order valence-corrected chi connectivity index (χ3v) is 2.51. The fraction of sp³-hybridized carbons (Fsp3) is 0.0714. The Labute approximate surface area is 110 Å². The zero-order chi connectivity index (χ0) is 13.7. The van der Waals surface area contributed by atoms with Gasteiger partial charge in [0.15, 0.2) is 0 Å². The molecule has 0 N–H and O–H groups in total. The highest BCUT2D eigenvalue weighted by Gasteiger charge is 2.12. The molecular weight excluding hydrogens is 242 g/mol. The first-order valence-electron chi connectivity index (χ1n) is 5.63. The van der Waals surface area contributed by atoms with E-state index in [4.69, 9.17) is 10.3 Å². The summed E-state index contributed by atoms with van der Waals surface area (Å²) < 4.78 is 5.22. The Bertz CT molecular complexity index is 644. The number of carbonyl (C=O) groups is 1. The largest absolute Gasteiger partial charge is 0.423 e. The summed E-state index contributed by atoms with van der Waals surface area (Å²) in [6.07, 6.45) is 0. The smallest absolute Gasteiger partial charge is 0.343 e. The van der Waals surface area contributed by atoms with Crippen LogP contribution in [0.4, 0.5) is 5.69 Å². The minimum atomic E-state index is -0.549. The van der Waals surface area contributed by atoms with E-state index in [0.29, 0.717) is 5.75 Å². The Balaban J connectivity index is 2.25. The van der Waals surface area contributed by atoms with E-state index in [9.17, 15) is 4.79 Å². The van der Waals surface area contributed by atoms with Crippen LogP contribution in [-0.2, 0) is 0 Å². The van der Waals surface area contributed by atoms with Crippen LogP contribution in [0.15, 0.2) is 53.6 Å². The first-order valence-corrected chi connectivity index (χ1v) is 5.63. The van der Waals surface area contributed by atoms with Gasteiger partial charge in [0.2, 0.25) is 0 Å². The van der Waals surface area contributed by atoms with Gasteiger partial charge in [0.05, 0.1) is 11.3 Å². The van der Waals surface area contributed by atoms with Gasteiger partial charge in [-0.05, 0) is 30.7 Å². The van der Waals surface area contributed by atoms with Crippen molar-refractivity contribution in [2.75, 3.05) is 0 Å². The van der Waals surface area contributed by atoms with Gasteiger partial charge in [-0.15, -0.1) is 0 Å². The Morgan fingerprint density at radius 2 is 1.84 bits per heavy atom. The van der Waals surface area contributed by atoms with Crippen LogP contribution < -0.4 is 4.74 Å². The molecule has 0 radical (unpaired) electrons. The molecule has 0 saturated carbocycles. The lowest BCUT2D eigenvalue weighted by Crippen LogP contribution is -2.08. The molecule has 0 spiro atoms. The van der Waals surface area contributed by atoms with E-state index in [2.05, 4.69) is 10.0 Å². The van der Waals surface area contributed by atoms with E-state index in [-0.39, 0.29) is 11.3 Å². The molecule has 94 valence electrons. The highest BCUT2D eigenvalue weighted by molar-refractivity contribution is 5.96. The van der Waals surface area contributed by atoms with Crippen LogP contribution in [-0.4, -0.2) is 5.97 Å². The zero-order valence-corrected chi connectivity index (χ0v) is 10.3. The van der Waals surface area contributed by atoms with Crippen molar-refractivity contribution in [1.29, 1.82) is 0 Å². The highest BCUT2D eigenvalue weighted by Crippen LogP contribution is 2.21. The van der Waals surface area contributed by atoms with Crippen LogP contribution in [0.3, 0.4) is 0 Å². The van der Waals surface area contributed by atoms with Crippen molar-refractivity contribution < 1.29 is 9.53 Å². The fourth-order valence-electron chi connectivity index (χ4n) is 1.55. The van der Waals surface area contributed by atoms with E-state index in [1.54, 1.807) is 36.4 Å². The summed E-state index contributed by atoms with van der Waals surface area (Å²) in [6.45, 7) is 1.95. The maximum atomic E-state index is 12.0. The van der Waals surface area contributed by atoms with Crippen LogP contribution in [0.5, 0.6) is 5.75 Å². The summed E-state index contributed by atoms with van der Waals surface area (Å²) in [5, 5.41) is 3.46. The molecule has 5 heteroatoms. The predicted octanol–water partition coefficient (Wildman–Crippen LogP) is 4.16. The van der Waals surface area contributed by atoms with Crippen molar-refractivity contribution in [2.24, 2.45) is 5.11 Å². The first kappa shape index (κ1) is 12.7. The number of rotatable bonds is 3. The van der Waals surface area contributed by atoms with Crippen LogP contribution in [0, 0.1) is 6.92 Å². The predicted molar refractivity (Wildman–Crippen MR) is 71.4 cm³/mol. The molecule has 0 atom stereocenters. The molecule has 0 amide bonds. The third kappa shape index (κ3) is 3.12. The average Bonchev–Trinajstić information content (AvgIpc) is 2.42. The zero-order valence-electron chi connectivity index (χ0n) is 10.3. The van der Waals surface area contributed by atoms with Gasteiger partial charge in [0, 0.05) is 4.91 Å². The molecule has 19 heavy (non-hydrogen) atoms. The lowest BCUT2D eigenvalue weighted by molar-refractivity contribution is 0.0735. The molecular formula is C14H11N3O2. The quantitative estimate of drug-likeness (QED) is 0.271. The normalized spacial score (nSPS) is 9.53. The maximum Gasteiger partial charge on any atom is 0.343 e. The number of azide groups is 1. The van der Waals surface area contributed by atoms with Crippen LogP contribution in [0.25, 0.3) is 10.4 Å². The molecule has 0 aliphatic carbocycles. The standard InChI is InChI=1S/C14H11N3O2/c1-10-6-8-11(9-7-10)19-14(18)12-4-2-3-5-13(12)16-17-15/h2-9H,1H3. The summed E-state index contributed by atoms with van der Waals surface area (Å²) in [6, 6.07) is 13.6. The molecule has 0 aliphatic rings. The lowest BCUT2D eigenvalue weighted by atomic mass is 10.2. The van der Waals surface area contributed by atoms with E-state index in [0.717, 1.165) is 5.56 Å². The van der Waals surface area contributed by atoms with E-state index in [1.165, 1.54) is 0 Å². The highest BCUT2D eigenvalue weighted by atomic mass is 16.5. The van der Waals surface area contributed by atoms with Crippen molar-refractivity contribution in [3.63, 3.8) is 0 Å². The molecule has 0 heterocycles. The second kappa shape index (κ2) is 5.71. The van der Waals surface area contributed by atoms with Crippen molar-refractivity contribution in [3.05, 3.63) is 70.1 Å². The second-order valence-electron chi connectivity index (χ2n) is 3.91. The van der Waals surface area contributed by atoms with Gasteiger partial charge < -0.3 is 4.74 Å². The van der Waals surface area contributed by atoms with Gasteiger partial charge >= 0.3 is 5.97 Å². The average molecular weight is 253 g/mol. The first-order chi connectivity index (χ1) is 9.20. The minimum absolute atomic E-state index is 0.237. The number of aryl methyl sites for hydroxylation is 1. The van der Waals surface area contributed by atoms with Crippen molar-refractivity contribution in [3.8, 4) is 5.75 Å². The van der Waals surface area contributed by atoms with Gasteiger partial charge in [-0.3, -0.25) is 0 Å². The molecule has 5 nitrogen and oxygen atoms in total. The van der Waals surface area contributed by atoms with Crippen LogP contribution >= 0.6 is 0 Å². The monoisotopic (exact) mass is 253 g/mol. The number of ether oxygens (including phenoxy) is 1. The summed E-state index contributed by atoms with van der Waals surface area (Å²) in [7, 11) is 0. The molecule has 0 unspecified atom stereocenters. The summed E-state index contributed by atoms with van der Waals surface area (Å²) >= 11 is 0.